The molecular formula is C20H22N2O3S2. The minimum absolute atomic E-state index is 0.0894. The van der Waals surface area contributed by atoms with Crippen LogP contribution in [0.1, 0.15) is 32.3 Å². The van der Waals surface area contributed by atoms with Crippen molar-refractivity contribution in [3.63, 3.8) is 0 Å². The van der Waals surface area contributed by atoms with Crippen molar-refractivity contribution in [2.45, 2.75) is 32.2 Å². The second-order valence-corrected chi connectivity index (χ2v) is 9.33. The van der Waals surface area contributed by atoms with E-state index in [1.165, 1.54) is 11.8 Å². The van der Waals surface area contributed by atoms with Crippen LogP contribution in [0.4, 0.5) is 0 Å². The van der Waals surface area contributed by atoms with E-state index >= 15 is 0 Å². The number of nitro groups is 1. The van der Waals surface area contributed by atoms with Gasteiger partial charge in [-0.25, -0.2) is 0 Å². The molecular weight excluding hydrogens is 380 g/mol. The van der Waals surface area contributed by atoms with Crippen molar-refractivity contribution in [1.82, 2.24) is 0 Å². The molecule has 3 rings (SSSR count). The smallest absolute Gasteiger partial charge is 0.224 e. The summed E-state index contributed by atoms with van der Waals surface area (Å²) in [7, 11) is 0. The highest BCUT2D eigenvalue weighted by molar-refractivity contribution is 8.45. The average Bonchev–Trinajstić information content (AvgIpc) is 2.96. The molecule has 0 bridgehead atoms. The summed E-state index contributed by atoms with van der Waals surface area (Å²) in [4.78, 5) is 29.1. The van der Waals surface area contributed by atoms with Gasteiger partial charge in [0.05, 0.1) is 5.92 Å². The zero-order valence-corrected chi connectivity index (χ0v) is 17.2. The summed E-state index contributed by atoms with van der Waals surface area (Å²) in [6, 6.07) is 13.7. The van der Waals surface area contributed by atoms with Crippen molar-refractivity contribution in [1.29, 1.82) is 0 Å². The Bertz CT molecular complexity index is 913. The molecule has 0 unspecified atom stereocenters. The Labute approximate surface area is 167 Å². The molecule has 0 amide bonds. The molecule has 1 aliphatic heterocycles. The number of carbonyl (C=O) groups excluding carboxylic acids is 1. The maximum atomic E-state index is 13.1. The summed E-state index contributed by atoms with van der Waals surface area (Å²) in [5, 5.41) is 13.5. The molecule has 1 aliphatic rings. The maximum absolute atomic E-state index is 13.1. The van der Waals surface area contributed by atoms with E-state index in [1.807, 2.05) is 63.2 Å². The Morgan fingerprint density at radius 1 is 1.22 bits per heavy atom. The molecule has 2 aromatic rings. The number of hydrogen-bond acceptors (Lipinski definition) is 6. The fourth-order valence-corrected chi connectivity index (χ4v) is 5.85. The van der Waals surface area contributed by atoms with Crippen LogP contribution in [-0.4, -0.2) is 32.3 Å². The van der Waals surface area contributed by atoms with Crippen LogP contribution in [0.15, 0.2) is 47.5 Å². The lowest BCUT2D eigenvalue weighted by atomic mass is 9.73. The molecule has 0 spiro atoms. The van der Waals surface area contributed by atoms with Crippen LogP contribution in [0.2, 0.25) is 0 Å². The van der Waals surface area contributed by atoms with E-state index in [2.05, 4.69) is 0 Å². The van der Waals surface area contributed by atoms with Gasteiger partial charge in [0.15, 0.2) is 0 Å². The first-order valence-corrected chi connectivity index (χ1v) is 10.7. The summed E-state index contributed by atoms with van der Waals surface area (Å²) in [5.74, 6) is 0.0549. The van der Waals surface area contributed by atoms with Crippen LogP contribution in [0.25, 0.3) is 10.8 Å². The highest BCUT2D eigenvalue weighted by Gasteiger charge is 2.55. The Hall–Kier alpha value is -1.86. The number of carbonyl (C=O) groups is 1. The third-order valence-corrected chi connectivity index (χ3v) is 6.98. The first-order valence-electron chi connectivity index (χ1n) is 8.94. The summed E-state index contributed by atoms with van der Waals surface area (Å²) in [6.45, 7) is 5.53. The fraction of sp³-hybridized carbons (Fsp3) is 0.400. The largest absolute Gasteiger partial charge is 0.284 e. The molecule has 0 radical (unpaired) electrons. The van der Waals surface area contributed by atoms with Crippen molar-refractivity contribution in [2.24, 2.45) is 10.9 Å². The van der Waals surface area contributed by atoms with Crippen LogP contribution in [-0.2, 0) is 4.79 Å². The molecule has 1 heterocycles. The Morgan fingerprint density at radius 3 is 2.56 bits per heavy atom. The van der Waals surface area contributed by atoms with E-state index < -0.39 is 11.5 Å². The number of aliphatic imine (C=N–C) groups is 1. The van der Waals surface area contributed by atoms with Gasteiger partial charge in [-0.2, -0.15) is 0 Å². The molecule has 142 valence electrons. The first-order chi connectivity index (χ1) is 12.9. The molecule has 0 aliphatic carbocycles. The van der Waals surface area contributed by atoms with E-state index in [0.29, 0.717) is 4.38 Å². The summed E-state index contributed by atoms with van der Waals surface area (Å²) in [6.07, 6.45) is 0. The third-order valence-electron chi connectivity index (χ3n) is 4.97. The standard InChI is InChI=1S/C20H22N2O3S2/c1-4-26-19-21-20(13(2)3,18(23)27-19)17(12-22(24)25)16-10-9-14-7-5-6-8-15(14)11-16/h5-11,13,17H,4,12H2,1-3H3/t17-,20+/m1/s1. The second-order valence-electron chi connectivity index (χ2n) is 6.85. The van der Waals surface area contributed by atoms with Gasteiger partial charge in [-0.1, -0.05) is 75.0 Å². The Balaban J connectivity index is 2.16. The Morgan fingerprint density at radius 2 is 1.93 bits per heavy atom. The zero-order chi connectivity index (χ0) is 19.6. The average molecular weight is 403 g/mol. The van der Waals surface area contributed by atoms with Gasteiger partial charge >= 0.3 is 0 Å². The molecule has 0 saturated carbocycles. The quantitative estimate of drug-likeness (QED) is 0.503. The van der Waals surface area contributed by atoms with Gasteiger partial charge in [-0.15, -0.1) is 0 Å². The van der Waals surface area contributed by atoms with Crippen molar-refractivity contribution >= 4 is 43.8 Å². The summed E-state index contributed by atoms with van der Waals surface area (Å²) in [5.41, 5.74) is -0.322. The predicted octanol–water partition coefficient (Wildman–Crippen LogP) is 4.98. The zero-order valence-electron chi connectivity index (χ0n) is 15.5. The van der Waals surface area contributed by atoms with Crippen LogP contribution in [0, 0.1) is 16.0 Å². The fourth-order valence-electron chi connectivity index (χ4n) is 3.63. The highest BCUT2D eigenvalue weighted by Crippen LogP contribution is 2.48. The van der Waals surface area contributed by atoms with E-state index in [1.54, 1.807) is 0 Å². The summed E-state index contributed by atoms with van der Waals surface area (Å²) < 4.78 is 0.713. The molecule has 5 nitrogen and oxygen atoms in total. The van der Waals surface area contributed by atoms with Crippen molar-refractivity contribution in [3.8, 4) is 0 Å². The van der Waals surface area contributed by atoms with E-state index in [-0.39, 0.29) is 22.5 Å². The van der Waals surface area contributed by atoms with Gasteiger partial charge in [0.25, 0.3) is 0 Å². The van der Waals surface area contributed by atoms with Crippen molar-refractivity contribution in [2.75, 3.05) is 12.3 Å². The van der Waals surface area contributed by atoms with Crippen LogP contribution < -0.4 is 0 Å². The number of nitrogens with zero attached hydrogens (tertiary/aromatic N) is 2. The van der Waals surface area contributed by atoms with Crippen LogP contribution >= 0.6 is 23.5 Å². The number of hydrogen-bond donors (Lipinski definition) is 0. The van der Waals surface area contributed by atoms with Gasteiger partial charge in [0, 0.05) is 4.92 Å². The van der Waals surface area contributed by atoms with Crippen LogP contribution in [0.3, 0.4) is 0 Å². The normalized spacial score (nSPS) is 20.9. The SMILES string of the molecule is CCSC1=N[C@@](C(C)C)([C@H](C[N+](=O)[O-])c2ccc3ccccc3c2)C(=O)S1. The monoisotopic (exact) mass is 402 g/mol. The van der Waals surface area contributed by atoms with E-state index in [0.717, 1.165) is 33.9 Å². The maximum Gasteiger partial charge on any atom is 0.224 e. The van der Waals surface area contributed by atoms with Gasteiger partial charge in [0.1, 0.15) is 9.91 Å². The molecule has 7 heteroatoms. The van der Waals surface area contributed by atoms with Gasteiger partial charge in [0.2, 0.25) is 11.7 Å². The molecule has 0 N–H and O–H groups in total. The molecule has 27 heavy (non-hydrogen) atoms. The van der Waals surface area contributed by atoms with Gasteiger partial charge in [-0.05, 0) is 39.8 Å². The van der Waals surface area contributed by atoms with Gasteiger partial charge in [-0.3, -0.25) is 19.9 Å². The van der Waals surface area contributed by atoms with Crippen molar-refractivity contribution in [3.05, 3.63) is 58.1 Å². The van der Waals surface area contributed by atoms with E-state index in [9.17, 15) is 14.9 Å². The predicted molar refractivity (Wildman–Crippen MR) is 114 cm³/mol. The number of thioether (sulfide) groups is 2. The number of rotatable bonds is 6. The van der Waals surface area contributed by atoms with Gasteiger partial charge < -0.3 is 0 Å². The van der Waals surface area contributed by atoms with Crippen molar-refractivity contribution < 1.29 is 9.72 Å². The minimum Gasteiger partial charge on any atom is -0.284 e. The molecule has 0 fully saturated rings. The second kappa shape index (κ2) is 8.02. The number of fused-ring (bicyclic) bond motifs is 1. The third kappa shape index (κ3) is 3.75. The molecule has 2 atom stereocenters. The highest BCUT2D eigenvalue weighted by atomic mass is 32.2. The Kier molecular flexibility index (Phi) is 5.91. The first kappa shape index (κ1) is 19.9. The van der Waals surface area contributed by atoms with Crippen LogP contribution in [0.5, 0.6) is 0 Å². The minimum atomic E-state index is -1.11. The molecule has 2 aromatic carbocycles. The molecule has 0 saturated heterocycles. The molecule has 0 aromatic heterocycles. The lowest BCUT2D eigenvalue weighted by Gasteiger charge is -2.34. The lowest BCUT2D eigenvalue weighted by molar-refractivity contribution is -0.484. The topological polar surface area (TPSA) is 72.6 Å². The van der Waals surface area contributed by atoms with E-state index in [4.69, 9.17) is 4.99 Å². The summed E-state index contributed by atoms with van der Waals surface area (Å²) >= 11 is 2.65. The number of benzene rings is 2. The lowest BCUT2D eigenvalue weighted by Crippen LogP contribution is -2.46.